The van der Waals surface area contributed by atoms with Crippen LogP contribution >= 0.6 is 0 Å². The van der Waals surface area contributed by atoms with Gasteiger partial charge in [0.15, 0.2) is 5.69 Å². The molecule has 19 heavy (non-hydrogen) atoms. The van der Waals surface area contributed by atoms with Crippen LogP contribution in [0.25, 0.3) is 0 Å². The Labute approximate surface area is 107 Å². The molecule has 0 aromatic carbocycles. The highest BCUT2D eigenvalue weighted by Crippen LogP contribution is 2.10. The number of rotatable bonds is 5. The van der Waals surface area contributed by atoms with Crippen LogP contribution in [0.5, 0.6) is 0 Å². The minimum Gasteiger partial charge on any atom is -0.476 e. The van der Waals surface area contributed by atoms with Gasteiger partial charge in [-0.05, 0) is 11.6 Å². The Morgan fingerprint density at radius 2 is 2.32 bits per heavy atom. The highest BCUT2D eigenvalue weighted by Gasteiger charge is 2.18. The zero-order chi connectivity index (χ0) is 13.8. The quantitative estimate of drug-likeness (QED) is 0.857. The van der Waals surface area contributed by atoms with Gasteiger partial charge in [0.25, 0.3) is 0 Å². The zero-order valence-electron chi connectivity index (χ0n) is 10.1. The van der Waals surface area contributed by atoms with E-state index in [0.717, 1.165) is 6.20 Å². The maximum absolute atomic E-state index is 13.0. The van der Waals surface area contributed by atoms with Crippen molar-refractivity contribution >= 4 is 5.97 Å². The summed E-state index contributed by atoms with van der Waals surface area (Å²) in [6.07, 6.45) is 2.56. The minimum atomic E-state index is -1.18. The SMILES string of the molecule is COCc1c(C(=O)O)nnn1Cc1cncc(F)c1. The Bertz CT molecular complexity index is 599. The molecule has 8 heteroatoms. The first-order chi connectivity index (χ1) is 9.11. The van der Waals surface area contributed by atoms with Crippen molar-refractivity contribution in [1.82, 2.24) is 20.0 Å². The number of carboxylic acids is 1. The summed E-state index contributed by atoms with van der Waals surface area (Å²) in [5.41, 5.74) is 0.699. The summed E-state index contributed by atoms with van der Waals surface area (Å²) in [4.78, 5) is 14.7. The second-order valence-electron chi connectivity index (χ2n) is 3.79. The van der Waals surface area contributed by atoms with E-state index in [1.165, 1.54) is 24.1 Å². The number of hydrogen-bond donors (Lipinski definition) is 1. The number of ether oxygens (including phenoxy) is 1. The summed E-state index contributed by atoms with van der Waals surface area (Å²) < 4.78 is 19.3. The van der Waals surface area contributed by atoms with Crippen LogP contribution < -0.4 is 0 Å². The summed E-state index contributed by atoms with van der Waals surface area (Å²) in [6.45, 7) is 0.223. The lowest BCUT2D eigenvalue weighted by Crippen LogP contribution is -2.10. The van der Waals surface area contributed by atoms with Crippen molar-refractivity contribution in [3.8, 4) is 0 Å². The molecule has 2 rings (SSSR count). The van der Waals surface area contributed by atoms with E-state index in [1.54, 1.807) is 0 Å². The third-order valence-electron chi connectivity index (χ3n) is 2.42. The molecule has 0 aliphatic carbocycles. The van der Waals surface area contributed by atoms with Gasteiger partial charge in [0.1, 0.15) is 5.82 Å². The molecule has 2 aromatic rings. The summed E-state index contributed by atoms with van der Waals surface area (Å²) in [5.74, 6) is -1.65. The Morgan fingerprint density at radius 3 is 2.95 bits per heavy atom. The van der Waals surface area contributed by atoms with E-state index in [2.05, 4.69) is 15.3 Å². The molecule has 0 atom stereocenters. The third-order valence-corrected chi connectivity index (χ3v) is 2.42. The number of halogens is 1. The lowest BCUT2D eigenvalue weighted by atomic mass is 10.2. The molecule has 1 N–H and O–H groups in total. The van der Waals surface area contributed by atoms with Gasteiger partial charge in [-0.15, -0.1) is 5.10 Å². The molecule has 0 saturated carbocycles. The number of carboxylic acid groups (broad SMARTS) is 1. The van der Waals surface area contributed by atoms with E-state index in [-0.39, 0.29) is 18.8 Å². The molecule has 0 bridgehead atoms. The van der Waals surface area contributed by atoms with Gasteiger partial charge in [-0.3, -0.25) is 4.98 Å². The predicted octanol–water partition coefficient (Wildman–Crippen LogP) is 0.705. The maximum Gasteiger partial charge on any atom is 0.358 e. The summed E-state index contributed by atoms with van der Waals surface area (Å²) in [7, 11) is 1.44. The van der Waals surface area contributed by atoms with Gasteiger partial charge in [-0.2, -0.15) is 0 Å². The van der Waals surface area contributed by atoms with Crippen LogP contribution in [0.4, 0.5) is 4.39 Å². The average Bonchev–Trinajstić information content (AvgIpc) is 2.73. The van der Waals surface area contributed by atoms with Crippen LogP contribution in [0.15, 0.2) is 18.5 Å². The van der Waals surface area contributed by atoms with Gasteiger partial charge in [-0.25, -0.2) is 13.9 Å². The van der Waals surface area contributed by atoms with Crippen molar-refractivity contribution in [2.75, 3.05) is 7.11 Å². The molecule has 0 spiro atoms. The second kappa shape index (κ2) is 5.53. The van der Waals surface area contributed by atoms with Gasteiger partial charge >= 0.3 is 5.97 Å². The van der Waals surface area contributed by atoms with Crippen LogP contribution in [0.2, 0.25) is 0 Å². The van der Waals surface area contributed by atoms with Crippen molar-refractivity contribution in [3.05, 3.63) is 41.2 Å². The molecule has 0 fully saturated rings. The van der Waals surface area contributed by atoms with Gasteiger partial charge in [0, 0.05) is 13.3 Å². The van der Waals surface area contributed by atoms with E-state index >= 15 is 0 Å². The Hall–Kier alpha value is -2.35. The number of hydrogen-bond acceptors (Lipinski definition) is 5. The van der Waals surface area contributed by atoms with E-state index in [9.17, 15) is 9.18 Å². The standard InChI is InChI=1S/C11H11FN4O3/c1-19-6-9-10(11(17)18)14-15-16(9)5-7-2-8(12)4-13-3-7/h2-4H,5-6H2,1H3,(H,17,18). The van der Waals surface area contributed by atoms with Crippen LogP contribution in [0, 0.1) is 5.82 Å². The second-order valence-corrected chi connectivity index (χ2v) is 3.79. The topological polar surface area (TPSA) is 90.1 Å². The van der Waals surface area contributed by atoms with Crippen LogP contribution in [-0.4, -0.2) is 38.2 Å². The summed E-state index contributed by atoms with van der Waals surface area (Å²) in [6, 6.07) is 1.30. The van der Waals surface area contributed by atoms with Crippen LogP contribution in [0.3, 0.4) is 0 Å². The average molecular weight is 266 g/mol. The molecule has 0 radical (unpaired) electrons. The number of pyridine rings is 1. The van der Waals surface area contributed by atoms with Crippen molar-refractivity contribution in [1.29, 1.82) is 0 Å². The van der Waals surface area contributed by atoms with Crippen molar-refractivity contribution in [2.45, 2.75) is 13.2 Å². The largest absolute Gasteiger partial charge is 0.476 e. The summed E-state index contributed by atoms with van der Waals surface area (Å²) in [5, 5.41) is 16.3. The zero-order valence-corrected chi connectivity index (χ0v) is 10.1. The molecule has 7 nitrogen and oxygen atoms in total. The van der Waals surface area contributed by atoms with Crippen molar-refractivity contribution in [2.24, 2.45) is 0 Å². The maximum atomic E-state index is 13.0. The smallest absolute Gasteiger partial charge is 0.358 e. The number of nitrogens with zero attached hydrogens (tertiary/aromatic N) is 4. The third kappa shape index (κ3) is 2.91. The van der Waals surface area contributed by atoms with Crippen molar-refractivity contribution < 1.29 is 19.0 Å². The molecule has 100 valence electrons. The molecular formula is C11H11FN4O3. The minimum absolute atomic E-state index is 0.0530. The van der Waals surface area contributed by atoms with Gasteiger partial charge < -0.3 is 9.84 Å². The molecule has 0 saturated heterocycles. The lowest BCUT2D eigenvalue weighted by molar-refractivity contribution is 0.0684. The van der Waals surface area contributed by atoms with Crippen LogP contribution in [0.1, 0.15) is 21.7 Å². The molecule has 0 aliphatic heterocycles. The number of aromatic carboxylic acids is 1. The highest BCUT2D eigenvalue weighted by molar-refractivity contribution is 5.86. The van der Waals surface area contributed by atoms with E-state index < -0.39 is 11.8 Å². The van der Waals surface area contributed by atoms with E-state index in [0.29, 0.717) is 11.3 Å². The van der Waals surface area contributed by atoms with E-state index in [1.807, 2.05) is 0 Å². The normalized spacial score (nSPS) is 10.6. The molecule has 0 aliphatic rings. The first-order valence-corrected chi connectivity index (χ1v) is 5.36. The molecule has 0 unspecified atom stereocenters. The highest BCUT2D eigenvalue weighted by atomic mass is 19.1. The predicted molar refractivity (Wildman–Crippen MR) is 61.0 cm³/mol. The fourth-order valence-electron chi connectivity index (χ4n) is 1.62. The first-order valence-electron chi connectivity index (χ1n) is 5.36. The monoisotopic (exact) mass is 266 g/mol. The molecule has 2 aromatic heterocycles. The van der Waals surface area contributed by atoms with Gasteiger partial charge in [0.2, 0.25) is 0 Å². The Balaban J connectivity index is 2.32. The lowest BCUT2D eigenvalue weighted by Gasteiger charge is -2.06. The Kier molecular flexibility index (Phi) is 3.81. The number of aromatic nitrogens is 4. The summed E-state index contributed by atoms with van der Waals surface area (Å²) >= 11 is 0. The fraction of sp³-hybridized carbons (Fsp3) is 0.273. The van der Waals surface area contributed by atoms with Crippen molar-refractivity contribution in [3.63, 3.8) is 0 Å². The van der Waals surface area contributed by atoms with Gasteiger partial charge in [-0.1, -0.05) is 5.21 Å². The molecular weight excluding hydrogens is 255 g/mol. The Morgan fingerprint density at radius 1 is 1.53 bits per heavy atom. The number of methoxy groups -OCH3 is 1. The van der Waals surface area contributed by atoms with Gasteiger partial charge in [0.05, 0.1) is 25.0 Å². The molecule has 2 heterocycles. The molecule has 0 amide bonds. The number of carbonyl (C=O) groups is 1. The fourth-order valence-corrected chi connectivity index (χ4v) is 1.62. The van der Waals surface area contributed by atoms with E-state index in [4.69, 9.17) is 9.84 Å². The van der Waals surface area contributed by atoms with Crippen LogP contribution in [-0.2, 0) is 17.9 Å². The first kappa shape index (κ1) is 13.1.